The van der Waals surface area contributed by atoms with Gasteiger partial charge < -0.3 is 5.73 Å². The van der Waals surface area contributed by atoms with Crippen LogP contribution in [-0.2, 0) is 6.54 Å². The molecule has 3 rings (SSSR count). The van der Waals surface area contributed by atoms with Gasteiger partial charge in [-0.3, -0.25) is 4.40 Å². The van der Waals surface area contributed by atoms with E-state index in [2.05, 4.69) is 14.6 Å². The largest absolute Gasteiger partial charge is 0.326 e. The van der Waals surface area contributed by atoms with Crippen LogP contribution in [0.2, 0.25) is 0 Å². The molecule has 0 saturated carbocycles. The van der Waals surface area contributed by atoms with Gasteiger partial charge >= 0.3 is 0 Å². The van der Waals surface area contributed by atoms with Crippen molar-refractivity contribution in [1.82, 2.24) is 14.6 Å². The van der Waals surface area contributed by atoms with Crippen LogP contribution < -0.4 is 5.73 Å². The minimum atomic E-state index is 0.492. The average Bonchev–Trinajstić information content (AvgIpc) is 2.83. The van der Waals surface area contributed by atoms with Crippen molar-refractivity contribution in [2.24, 2.45) is 5.73 Å². The van der Waals surface area contributed by atoms with Gasteiger partial charge in [0, 0.05) is 18.3 Å². The van der Waals surface area contributed by atoms with Gasteiger partial charge in [-0.2, -0.15) is 11.8 Å². The fourth-order valence-corrected chi connectivity index (χ4v) is 3.61. The minimum absolute atomic E-state index is 0.492. The predicted octanol–water partition coefficient (Wildman–Crippen LogP) is 2.15. The Kier molecular flexibility index (Phi) is 3.03. The Balaban J connectivity index is 2.05. The summed E-state index contributed by atoms with van der Waals surface area (Å²) in [7, 11) is 0. The SMILES string of the molecule is NCc1cccn2c(C3CCCCS3)nnc12. The lowest BCUT2D eigenvalue weighted by Gasteiger charge is -2.19. The number of aromatic nitrogens is 3. The summed E-state index contributed by atoms with van der Waals surface area (Å²) in [6, 6.07) is 4.04. The van der Waals surface area contributed by atoms with Crippen LogP contribution in [-0.4, -0.2) is 20.4 Å². The maximum atomic E-state index is 5.72. The van der Waals surface area contributed by atoms with Crippen molar-refractivity contribution in [3.8, 4) is 0 Å². The highest BCUT2D eigenvalue weighted by Crippen LogP contribution is 2.37. The zero-order chi connectivity index (χ0) is 11.7. The minimum Gasteiger partial charge on any atom is -0.326 e. The Morgan fingerprint density at radius 3 is 3.12 bits per heavy atom. The zero-order valence-electron chi connectivity index (χ0n) is 9.67. The van der Waals surface area contributed by atoms with Crippen LogP contribution in [0.5, 0.6) is 0 Å². The molecule has 1 aliphatic rings. The highest BCUT2D eigenvalue weighted by Gasteiger charge is 2.21. The van der Waals surface area contributed by atoms with Gasteiger partial charge in [0.05, 0.1) is 5.25 Å². The first-order valence-electron chi connectivity index (χ1n) is 6.04. The molecule has 1 saturated heterocycles. The van der Waals surface area contributed by atoms with Crippen LogP contribution in [0.3, 0.4) is 0 Å². The second-order valence-electron chi connectivity index (χ2n) is 4.34. The van der Waals surface area contributed by atoms with Crippen molar-refractivity contribution in [1.29, 1.82) is 0 Å². The monoisotopic (exact) mass is 248 g/mol. The molecule has 0 radical (unpaired) electrons. The van der Waals surface area contributed by atoms with Crippen LogP contribution in [0.25, 0.3) is 5.65 Å². The fourth-order valence-electron chi connectivity index (χ4n) is 2.31. The molecule has 4 nitrogen and oxygen atoms in total. The number of nitrogens with two attached hydrogens (primary N) is 1. The molecule has 1 atom stereocenters. The molecule has 3 heterocycles. The van der Waals surface area contributed by atoms with Crippen LogP contribution >= 0.6 is 11.8 Å². The van der Waals surface area contributed by atoms with Gasteiger partial charge in [0.1, 0.15) is 0 Å². The van der Waals surface area contributed by atoms with Crippen LogP contribution in [0.4, 0.5) is 0 Å². The van der Waals surface area contributed by atoms with Gasteiger partial charge in [-0.05, 0) is 24.7 Å². The normalized spacial score (nSPS) is 20.9. The summed E-state index contributed by atoms with van der Waals surface area (Å²) in [4.78, 5) is 0. The first kappa shape index (κ1) is 11.0. The lowest BCUT2D eigenvalue weighted by molar-refractivity contribution is 0.657. The fraction of sp³-hybridized carbons (Fsp3) is 0.500. The summed E-state index contributed by atoms with van der Waals surface area (Å²) in [5.74, 6) is 2.32. The van der Waals surface area contributed by atoms with Crippen molar-refractivity contribution < 1.29 is 0 Å². The molecule has 0 aliphatic carbocycles. The number of hydrogen-bond donors (Lipinski definition) is 1. The quantitative estimate of drug-likeness (QED) is 0.884. The van der Waals surface area contributed by atoms with Gasteiger partial charge in [0.2, 0.25) is 0 Å². The molecule has 5 heteroatoms. The Labute approximate surface area is 105 Å². The molecule has 90 valence electrons. The van der Waals surface area contributed by atoms with Gasteiger partial charge in [-0.25, -0.2) is 0 Å². The smallest absolute Gasteiger partial charge is 0.165 e. The average molecular weight is 248 g/mol. The van der Waals surface area contributed by atoms with E-state index in [4.69, 9.17) is 5.73 Å². The number of thioether (sulfide) groups is 1. The first-order valence-corrected chi connectivity index (χ1v) is 7.09. The van der Waals surface area contributed by atoms with E-state index in [1.54, 1.807) is 0 Å². The van der Waals surface area contributed by atoms with Crippen molar-refractivity contribution in [3.63, 3.8) is 0 Å². The number of rotatable bonds is 2. The number of hydrogen-bond acceptors (Lipinski definition) is 4. The second kappa shape index (κ2) is 4.66. The summed E-state index contributed by atoms with van der Waals surface area (Å²) in [6.07, 6.45) is 5.87. The highest BCUT2D eigenvalue weighted by molar-refractivity contribution is 7.99. The topological polar surface area (TPSA) is 56.2 Å². The molecule has 1 unspecified atom stereocenters. The summed E-state index contributed by atoms with van der Waals surface area (Å²) >= 11 is 1.99. The highest BCUT2D eigenvalue weighted by atomic mass is 32.2. The standard InChI is InChI=1S/C12H16N4S/c13-8-9-4-3-6-16-11(9)14-15-12(16)10-5-1-2-7-17-10/h3-4,6,10H,1-2,5,7-8,13H2. The Bertz CT molecular complexity index is 516. The van der Waals surface area contributed by atoms with E-state index in [1.807, 2.05) is 30.1 Å². The van der Waals surface area contributed by atoms with Gasteiger partial charge in [-0.15, -0.1) is 10.2 Å². The Morgan fingerprint density at radius 2 is 2.35 bits per heavy atom. The molecule has 0 spiro atoms. The predicted molar refractivity (Wildman–Crippen MR) is 69.9 cm³/mol. The van der Waals surface area contributed by atoms with Gasteiger partial charge in [0.25, 0.3) is 0 Å². The molecular weight excluding hydrogens is 232 g/mol. The number of nitrogens with zero attached hydrogens (tertiary/aromatic N) is 3. The van der Waals surface area contributed by atoms with Gasteiger partial charge in [-0.1, -0.05) is 12.5 Å². The number of fused-ring (bicyclic) bond motifs is 1. The molecule has 1 aliphatic heterocycles. The Hall–Kier alpha value is -1.07. The van der Waals surface area contributed by atoms with Crippen molar-refractivity contribution in [2.75, 3.05) is 5.75 Å². The summed E-state index contributed by atoms with van der Waals surface area (Å²) < 4.78 is 2.10. The molecule has 0 bridgehead atoms. The molecule has 2 aromatic heterocycles. The van der Waals surface area contributed by atoms with Gasteiger partial charge in [0.15, 0.2) is 11.5 Å². The third kappa shape index (κ3) is 1.93. The van der Waals surface area contributed by atoms with Crippen LogP contribution in [0.1, 0.15) is 35.9 Å². The maximum absolute atomic E-state index is 5.72. The van der Waals surface area contributed by atoms with E-state index in [-0.39, 0.29) is 0 Å². The summed E-state index contributed by atoms with van der Waals surface area (Å²) in [5, 5.41) is 9.14. The molecule has 2 N–H and O–H groups in total. The maximum Gasteiger partial charge on any atom is 0.165 e. The van der Waals surface area contributed by atoms with Crippen molar-refractivity contribution in [2.45, 2.75) is 31.1 Å². The van der Waals surface area contributed by atoms with E-state index < -0.39 is 0 Å². The molecule has 0 aromatic carbocycles. The van der Waals surface area contributed by atoms with E-state index in [0.29, 0.717) is 11.8 Å². The number of pyridine rings is 1. The molecule has 2 aromatic rings. The first-order chi connectivity index (χ1) is 8.40. The second-order valence-corrected chi connectivity index (χ2v) is 5.66. The van der Waals surface area contributed by atoms with Crippen LogP contribution in [0, 0.1) is 0 Å². The lowest BCUT2D eigenvalue weighted by Crippen LogP contribution is -2.07. The molecule has 1 fully saturated rings. The Morgan fingerprint density at radius 1 is 1.41 bits per heavy atom. The summed E-state index contributed by atoms with van der Waals surface area (Å²) in [5.41, 5.74) is 7.69. The molecular formula is C12H16N4S. The van der Waals surface area contributed by atoms with E-state index in [0.717, 1.165) is 17.0 Å². The molecule has 17 heavy (non-hydrogen) atoms. The third-order valence-corrected chi connectivity index (χ3v) is 4.60. The van der Waals surface area contributed by atoms with Crippen LogP contribution in [0.15, 0.2) is 18.3 Å². The summed E-state index contributed by atoms with van der Waals surface area (Å²) in [6.45, 7) is 0.514. The molecule has 0 amide bonds. The van der Waals surface area contributed by atoms with E-state index in [9.17, 15) is 0 Å². The zero-order valence-corrected chi connectivity index (χ0v) is 10.5. The lowest BCUT2D eigenvalue weighted by atomic mass is 10.2. The van der Waals surface area contributed by atoms with E-state index in [1.165, 1.54) is 25.0 Å². The third-order valence-electron chi connectivity index (χ3n) is 3.23. The van der Waals surface area contributed by atoms with E-state index >= 15 is 0 Å². The van der Waals surface area contributed by atoms with Crippen molar-refractivity contribution >= 4 is 17.4 Å². The van der Waals surface area contributed by atoms with Crippen molar-refractivity contribution in [3.05, 3.63) is 29.7 Å².